The number of carbonyl (C=O) groups is 1. The molecule has 2 atom stereocenters. The van der Waals surface area contributed by atoms with Gasteiger partial charge in [0.25, 0.3) is 0 Å². The summed E-state index contributed by atoms with van der Waals surface area (Å²) in [4.78, 5) is 11.0. The maximum atomic E-state index is 11.0. The van der Waals surface area contributed by atoms with Gasteiger partial charge in [0.2, 0.25) is 0 Å². The first-order valence-corrected chi connectivity index (χ1v) is 4.38. The highest BCUT2D eigenvalue weighted by atomic mass is 16.1. The van der Waals surface area contributed by atoms with E-state index in [-0.39, 0.29) is 0 Å². The van der Waals surface area contributed by atoms with Crippen LogP contribution >= 0.6 is 0 Å². The molecule has 1 nitrogen and oxygen atoms in total. The van der Waals surface area contributed by atoms with Crippen LogP contribution in [0.1, 0.15) is 38.5 Å². The number of Topliss-reactive ketones (excluding diaryl/α,β-unsaturated/α-hetero) is 1. The summed E-state index contributed by atoms with van der Waals surface area (Å²) in [6, 6.07) is 0. The Labute approximate surface area is 61.8 Å². The molecule has 10 heavy (non-hydrogen) atoms. The summed E-state index contributed by atoms with van der Waals surface area (Å²) in [6.45, 7) is 0. The third kappa shape index (κ3) is 0.979. The Morgan fingerprint density at radius 3 is 2.80 bits per heavy atom. The Morgan fingerprint density at radius 2 is 1.90 bits per heavy atom. The van der Waals surface area contributed by atoms with Gasteiger partial charge >= 0.3 is 0 Å². The van der Waals surface area contributed by atoms with E-state index in [1.54, 1.807) is 0 Å². The maximum Gasteiger partial charge on any atom is 0.133 e. The van der Waals surface area contributed by atoms with Crippen LogP contribution in [0.4, 0.5) is 0 Å². The molecule has 0 unspecified atom stereocenters. The number of ketones is 1. The van der Waals surface area contributed by atoms with Gasteiger partial charge in [-0.05, 0) is 24.7 Å². The van der Waals surface area contributed by atoms with Gasteiger partial charge in [-0.1, -0.05) is 12.8 Å². The standard InChI is InChI=1S/C9H14O/c10-9-5-4-7-2-1-3-8(7)6-9/h7-8H,1-6H2/t7-,8+/m1/s1. The molecule has 0 bridgehead atoms. The molecule has 0 radical (unpaired) electrons. The zero-order valence-electron chi connectivity index (χ0n) is 6.31. The maximum absolute atomic E-state index is 11.0. The van der Waals surface area contributed by atoms with Crippen molar-refractivity contribution < 1.29 is 4.79 Å². The quantitative estimate of drug-likeness (QED) is 0.501. The molecular weight excluding hydrogens is 124 g/mol. The Kier molecular flexibility index (Phi) is 1.51. The first-order valence-electron chi connectivity index (χ1n) is 4.38. The van der Waals surface area contributed by atoms with Gasteiger partial charge in [0.1, 0.15) is 5.78 Å². The SMILES string of the molecule is O=C1CC[C@H]2CCC[C@H]2C1. The molecule has 0 aliphatic heterocycles. The van der Waals surface area contributed by atoms with Crippen LogP contribution < -0.4 is 0 Å². The number of fused-ring (bicyclic) bond motifs is 1. The first kappa shape index (κ1) is 6.38. The molecule has 56 valence electrons. The molecule has 0 aromatic heterocycles. The Hall–Kier alpha value is -0.330. The summed E-state index contributed by atoms with van der Waals surface area (Å²) in [5.74, 6) is 2.24. The van der Waals surface area contributed by atoms with Crippen molar-refractivity contribution in [2.45, 2.75) is 38.5 Å². The highest BCUT2D eigenvalue weighted by molar-refractivity contribution is 5.79. The van der Waals surface area contributed by atoms with Crippen molar-refractivity contribution in [1.29, 1.82) is 0 Å². The lowest BCUT2D eigenvalue weighted by Crippen LogP contribution is -2.19. The summed E-state index contributed by atoms with van der Waals surface area (Å²) < 4.78 is 0. The van der Waals surface area contributed by atoms with Crippen LogP contribution in [0, 0.1) is 11.8 Å². The van der Waals surface area contributed by atoms with E-state index in [0.717, 1.165) is 24.7 Å². The van der Waals surface area contributed by atoms with Crippen molar-refractivity contribution in [3.05, 3.63) is 0 Å². The topological polar surface area (TPSA) is 17.1 Å². The minimum atomic E-state index is 0.517. The average Bonchev–Trinajstić information content (AvgIpc) is 2.33. The molecule has 0 spiro atoms. The average molecular weight is 138 g/mol. The Balaban J connectivity index is 2.03. The van der Waals surface area contributed by atoms with Gasteiger partial charge in [-0.15, -0.1) is 0 Å². The molecule has 0 saturated heterocycles. The highest BCUT2D eigenvalue weighted by Crippen LogP contribution is 2.40. The molecule has 0 N–H and O–H groups in total. The fraction of sp³-hybridized carbons (Fsp3) is 0.889. The summed E-state index contributed by atoms with van der Waals surface area (Å²) in [5, 5.41) is 0. The van der Waals surface area contributed by atoms with E-state index in [9.17, 15) is 4.79 Å². The van der Waals surface area contributed by atoms with Gasteiger partial charge in [0.05, 0.1) is 0 Å². The summed E-state index contributed by atoms with van der Waals surface area (Å²) in [7, 11) is 0. The van der Waals surface area contributed by atoms with Gasteiger partial charge in [0, 0.05) is 12.8 Å². The lowest BCUT2D eigenvalue weighted by atomic mass is 9.81. The van der Waals surface area contributed by atoms with Crippen LogP contribution in [0.25, 0.3) is 0 Å². The van der Waals surface area contributed by atoms with Crippen LogP contribution in [-0.4, -0.2) is 5.78 Å². The Bertz CT molecular complexity index is 151. The van der Waals surface area contributed by atoms with E-state index < -0.39 is 0 Å². The largest absolute Gasteiger partial charge is 0.300 e. The van der Waals surface area contributed by atoms with Gasteiger partial charge in [-0.25, -0.2) is 0 Å². The van der Waals surface area contributed by atoms with E-state index >= 15 is 0 Å². The van der Waals surface area contributed by atoms with E-state index in [1.807, 2.05) is 0 Å². The second-order valence-electron chi connectivity index (χ2n) is 3.73. The van der Waals surface area contributed by atoms with Crippen molar-refractivity contribution >= 4 is 5.78 Å². The van der Waals surface area contributed by atoms with Crippen LogP contribution in [0.5, 0.6) is 0 Å². The molecule has 2 aliphatic rings. The van der Waals surface area contributed by atoms with Gasteiger partial charge in [-0.3, -0.25) is 4.79 Å². The molecule has 2 aliphatic carbocycles. The third-order valence-electron chi connectivity index (χ3n) is 3.10. The summed E-state index contributed by atoms with van der Waals surface area (Å²) >= 11 is 0. The van der Waals surface area contributed by atoms with E-state index in [2.05, 4.69) is 0 Å². The predicted molar refractivity (Wildman–Crippen MR) is 39.7 cm³/mol. The Morgan fingerprint density at radius 1 is 1.10 bits per heavy atom. The molecule has 0 aromatic carbocycles. The first-order chi connectivity index (χ1) is 4.86. The number of carbonyl (C=O) groups excluding carboxylic acids is 1. The van der Waals surface area contributed by atoms with Crippen molar-refractivity contribution in [3.63, 3.8) is 0 Å². The molecule has 2 rings (SSSR count). The predicted octanol–water partition coefficient (Wildman–Crippen LogP) is 2.16. The zero-order valence-corrected chi connectivity index (χ0v) is 6.31. The van der Waals surface area contributed by atoms with Crippen LogP contribution in [0.3, 0.4) is 0 Å². The van der Waals surface area contributed by atoms with Gasteiger partial charge in [-0.2, -0.15) is 0 Å². The van der Waals surface area contributed by atoms with E-state index in [0.29, 0.717) is 5.78 Å². The zero-order chi connectivity index (χ0) is 6.97. The van der Waals surface area contributed by atoms with Crippen molar-refractivity contribution in [2.24, 2.45) is 11.8 Å². The number of hydrogen-bond acceptors (Lipinski definition) is 1. The number of hydrogen-bond donors (Lipinski definition) is 0. The van der Waals surface area contributed by atoms with Gasteiger partial charge in [0.15, 0.2) is 0 Å². The van der Waals surface area contributed by atoms with Crippen molar-refractivity contribution in [1.82, 2.24) is 0 Å². The molecular formula is C9H14O. The second-order valence-corrected chi connectivity index (χ2v) is 3.73. The summed E-state index contributed by atoms with van der Waals surface area (Å²) in [5.41, 5.74) is 0. The molecule has 2 fully saturated rings. The second kappa shape index (κ2) is 2.37. The van der Waals surface area contributed by atoms with Crippen LogP contribution in [-0.2, 0) is 4.79 Å². The normalized spacial score (nSPS) is 39.8. The number of rotatable bonds is 0. The van der Waals surface area contributed by atoms with Crippen molar-refractivity contribution in [3.8, 4) is 0 Å². The molecule has 0 heterocycles. The molecule has 0 aromatic rings. The molecule has 2 saturated carbocycles. The van der Waals surface area contributed by atoms with Crippen LogP contribution in [0.15, 0.2) is 0 Å². The molecule has 1 heteroatoms. The summed E-state index contributed by atoms with van der Waals surface area (Å²) in [6.07, 6.45) is 7.09. The van der Waals surface area contributed by atoms with E-state index in [1.165, 1.54) is 25.7 Å². The minimum Gasteiger partial charge on any atom is -0.300 e. The third-order valence-corrected chi connectivity index (χ3v) is 3.10. The monoisotopic (exact) mass is 138 g/mol. The van der Waals surface area contributed by atoms with Gasteiger partial charge < -0.3 is 0 Å². The van der Waals surface area contributed by atoms with Crippen LogP contribution in [0.2, 0.25) is 0 Å². The lowest BCUT2D eigenvalue weighted by molar-refractivity contribution is -0.122. The fourth-order valence-corrected chi connectivity index (χ4v) is 2.50. The lowest BCUT2D eigenvalue weighted by Gasteiger charge is -2.23. The highest BCUT2D eigenvalue weighted by Gasteiger charge is 2.32. The minimum absolute atomic E-state index is 0.517. The molecule has 0 amide bonds. The smallest absolute Gasteiger partial charge is 0.133 e. The fourth-order valence-electron chi connectivity index (χ4n) is 2.50. The van der Waals surface area contributed by atoms with Crippen molar-refractivity contribution in [2.75, 3.05) is 0 Å². The van der Waals surface area contributed by atoms with E-state index in [4.69, 9.17) is 0 Å².